The molecular weight excluding hydrogens is 308 g/mol. The van der Waals surface area contributed by atoms with Gasteiger partial charge in [0.2, 0.25) is 0 Å². The second kappa shape index (κ2) is 7.36. The Bertz CT molecular complexity index is 583. The van der Waals surface area contributed by atoms with Crippen molar-refractivity contribution in [1.82, 2.24) is 15.5 Å². The number of rotatable bonds is 7. The third-order valence-corrected chi connectivity index (χ3v) is 6.40. The topological polar surface area (TPSA) is 39.7 Å². The Labute approximate surface area is 152 Å². The van der Waals surface area contributed by atoms with Gasteiger partial charge in [0, 0.05) is 20.1 Å². The van der Waals surface area contributed by atoms with Crippen molar-refractivity contribution in [2.45, 2.75) is 44.6 Å². The van der Waals surface area contributed by atoms with E-state index in [0.29, 0.717) is 11.5 Å². The van der Waals surface area contributed by atoms with Crippen LogP contribution in [-0.4, -0.2) is 44.1 Å². The second-order valence-electron chi connectivity index (χ2n) is 8.11. The van der Waals surface area contributed by atoms with Crippen LogP contribution in [0.15, 0.2) is 35.3 Å². The van der Waals surface area contributed by atoms with E-state index in [2.05, 4.69) is 50.9 Å². The summed E-state index contributed by atoms with van der Waals surface area (Å²) in [5.74, 6) is 1.95. The molecule has 25 heavy (non-hydrogen) atoms. The van der Waals surface area contributed by atoms with Crippen LogP contribution >= 0.6 is 0 Å². The number of hydrogen-bond acceptors (Lipinski definition) is 2. The zero-order valence-electron chi connectivity index (χ0n) is 15.5. The Morgan fingerprint density at radius 1 is 1.16 bits per heavy atom. The molecule has 0 amide bonds. The van der Waals surface area contributed by atoms with Crippen LogP contribution in [-0.2, 0) is 0 Å². The molecule has 0 bridgehead atoms. The van der Waals surface area contributed by atoms with Crippen molar-refractivity contribution in [3.8, 4) is 0 Å². The molecule has 1 aromatic rings. The maximum atomic E-state index is 4.47. The normalized spacial score (nSPS) is 24.1. The molecule has 0 aromatic heterocycles. The van der Waals surface area contributed by atoms with Gasteiger partial charge in [-0.05, 0) is 68.5 Å². The number of benzene rings is 1. The number of hydrogen-bond donors (Lipinski definition) is 2. The lowest BCUT2D eigenvalue weighted by atomic mass is 10.0. The molecule has 136 valence electrons. The lowest BCUT2D eigenvalue weighted by Crippen LogP contribution is -2.44. The standard InChI is InChI=1S/C21H32N4/c1-22-20(24-16-21(11-12-21)18-9-10-18)23-15-19(25-13-5-6-14-25)17-7-3-2-4-8-17/h2-4,7-8,18-19H,5-6,9-16H2,1H3,(H2,22,23,24). The van der Waals surface area contributed by atoms with E-state index >= 15 is 0 Å². The molecule has 1 heterocycles. The van der Waals surface area contributed by atoms with Crippen molar-refractivity contribution in [2.75, 3.05) is 33.2 Å². The van der Waals surface area contributed by atoms with Gasteiger partial charge >= 0.3 is 0 Å². The minimum absolute atomic E-state index is 0.431. The molecule has 0 spiro atoms. The first-order chi connectivity index (χ1) is 12.3. The second-order valence-corrected chi connectivity index (χ2v) is 8.11. The van der Waals surface area contributed by atoms with Crippen LogP contribution < -0.4 is 10.6 Å². The fourth-order valence-electron chi connectivity index (χ4n) is 4.45. The van der Waals surface area contributed by atoms with Crippen LogP contribution in [0.1, 0.15) is 50.1 Å². The Kier molecular flexibility index (Phi) is 4.98. The quantitative estimate of drug-likeness (QED) is 0.591. The average molecular weight is 341 g/mol. The first-order valence-corrected chi connectivity index (χ1v) is 10.0. The maximum absolute atomic E-state index is 4.47. The molecule has 1 aromatic carbocycles. The Hall–Kier alpha value is -1.55. The van der Waals surface area contributed by atoms with Crippen LogP contribution in [0.2, 0.25) is 0 Å². The van der Waals surface area contributed by atoms with Crippen LogP contribution in [0.25, 0.3) is 0 Å². The van der Waals surface area contributed by atoms with Crippen molar-refractivity contribution in [2.24, 2.45) is 16.3 Å². The fraction of sp³-hybridized carbons (Fsp3) is 0.667. The fourth-order valence-corrected chi connectivity index (χ4v) is 4.45. The van der Waals surface area contributed by atoms with Gasteiger partial charge in [-0.2, -0.15) is 0 Å². The van der Waals surface area contributed by atoms with Crippen molar-refractivity contribution in [3.05, 3.63) is 35.9 Å². The van der Waals surface area contributed by atoms with Crippen molar-refractivity contribution < 1.29 is 0 Å². The van der Waals surface area contributed by atoms with Gasteiger partial charge in [-0.3, -0.25) is 9.89 Å². The highest BCUT2D eigenvalue weighted by atomic mass is 15.2. The molecule has 1 aliphatic heterocycles. The molecule has 1 atom stereocenters. The molecule has 0 radical (unpaired) electrons. The maximum Gasteiger partial charge on any atom is 0.191 e. The zero-order valence-corrected chi connectivity index (χ0v) is 15.5. The monoisotopic (exact) mass is 340 g/mol. The zero-order chi connectivity index (χ0) is 17.1. The summed E-state index contributed by atoms with van der Waals surface area (Å²) in [5.41, 5.74) is 2.01. The molecule has 1 unspecified atom stereocenters. The van der Waals surface area contributed by atoms with E-state index in [1.54, 1.807) is 0 Å². The number of guanidine groups is 1. The van der Waals surface area contributed by atoms with Crippen molar-refractivity contribution in [3.63, 3.8) is 0 Å². The minimum atomic E-state index is 0.431. The van der Waals surface area contributed by atoms with Gasteiger partial charge in [0.15, 0.2) is 5.96 Å². The van der Waals surface area contributed by atoms with Crippen molar-refractivity contribution >= 4 is 5.96 Å². The molecule has 2 aliphatic carbocycles. The van der Waals surface area contributed by atoms with E-state index in [0.717, 1.165) is 25.0 Å². The summed E-state index contributed by atoms with van der Waals surface area (Å²) >= 11 is 0. The molecule has 3 fully saturated rings. The largest absolute Gasteiger partial charge is 0.356 e. The summed E-state index contributed by atoms with van der Waals surface area (Å²) in [5, 5.41) is 7.21. The van der Waals surface area contributed by atoms with E-state index in [-0.39, 0.29) is 0 Å². The predicted octanol–water partition coefficient (Wildman–Crippen LogP) is 3.18. The molecule has 4 heteroatoms. The summed E-state index contributed by atoms with van der Waals surface area (Å²) in [6, 6.07) is 11.3. The molecule has 1 saturated heterocycles. The summed E-state index contributed by atoms with van der Waals surface area (Å²) in [6.07, 6.45) is 8.34. The van der Waals surface area contributed by atoms with Gasteiger partial charge in [0.05, 0.1) is 6.04 Å². The van der Waals surface area contributed by atoms with Gasteiger partial charge in [0.25, 0.3) is 0 Å². The summed E-state index contributed by atoms with van der Waals surface area (Å²) in [4.78, 5) is 7.08. The highest BCUT2D eigenvalue weighted by molar-refractivity contribution is 5.79. The number of aliphatic imine (C=N–C) groups is 1. The molecule has 2 saturated carbocycles. The number of likely N-dealkylation sites (tertiary alicyclic amines) is 1. The molecule has 4 rings (SSSR count). The van der Waals surface area contributed by atoms with Crippen molar-refractivity contribution in [1.29, 1.82) is 0 Å². The average Bonchev–Trinajstić information content (AvgIpc) is 3.57. The molecular formula is C21H32N4. The Balaban J connectivity index is 1.34. The van der Waals surface area contributed by atoms with Crippen LogP contribution in [0.5, 0.6) is 0 Å². The van der Waals surface area contributed by atoms with Crippen LogP contribution in [0, 0.1) is 11.3 Å². The van der Waals surface area contributed by atoms with Gasteiger partial charge in [-0.15, -0.1) is 0 Å². The van der Waals surface area contributed by atoms with E-state index in [1.807, 2.05) is 7.05 Å². The van der Waals surface area contributed by atoms with Gasteiger partial charge in [-0.25, -0.2) is 0 Å². The highest BCUT2D eigenvalue weighted by Crippen LogP contribution is 2.60. The third kappa shape index (κ3) is 4.00. The Morgan fingerprint density at radius 3 is 2.48 bits per heavy atom. The summed E-state index contributed by atoms with van der Waals surface area (Å²) in [7, 11) is 1.89. The van der Waals surface area contributed by atoms with E-state index in [9.17, 15) is 0 Å². The summed E-state index contributed by atoms with van der Waals surface area (Å²) in [6.45, 7) is 4.42. The first-order valence-electron chi connectivity index (χ1n) is 10.0. The first kappa shape index (κ1) is 16.9. The summed E-state index contributed by atoms with van der Waals surface area (Å²) < 4.78 is 0. The van der Waals surface area contributed by atoms with E-state index < -0.39 is 0 Å². The number of nitrogens with one attached hydrogen (secondary N) is 2. The number of nitrogens with zero attached hydrogens (tertiary/aromatic N) is 2. The smallest absolute Gasteiger partial charge is 0.191 e. The van der Waals surface area contributed by atoms with Gasteiger partial charge in [0.1, 0.15) is 0 Å². The lowest BCUT2D eigenvalue weighted by Gasteiger charge is -2.29. The Morgan fingerprint density at radius 2 is 1.88 bits per heavy atom. The van der Waals surface area contributed by atoms with Gasteiger partial charge < -0.3 is 10.6 Å². The molecule has 3 aliphatic rings. The highest BCUT2D eigenvalue weighted by Gasteiger charge is 2.53. The SMILES string of the molecule is CN=C(NCC(c1ccccc1)N1CCCC1)NCC1(C2CC2)CC1. The van der Waals surface area contributed by atoms with Gasteiger partial charge in [-0.1, -0.05) is 30.3 Å². The van der Waals surface area contributed by atoms with Crippen LogP contribution in [0.4, 0.5) is 0 Å². The van der Waals surface area contributed by atoms with Crippen LogP contribution in [0.3, 0.4) is 0 Å². The predicted molar refractivity (Wildman–Crippen MR) is 104 cm³/mol. The minimum Gasteiger partial charge on any atom is -0.356 e. The molecule has 4 nitrogen and oxygen atoms in total. The van der Waals surface area contributed by atoms with E-state index in [4.69, 9.17) is 0 Å². The molecule has 2 N–H and O–H groups in total. The third-order valence-electron chi connectivity index (χ3n) is 6.40. The van der Waals surface area contributed by atoms with E-state index in [1.165, 1.54) is 57.2 Å². The lowest BCUT2D eigenvalue weighted by molar-refractivity contribution is 0.245.